The number of ether oxygens (including phenoxy) is 4. The number of hydrogen-bond donors (Lipinski definition) is 1. The van der Waals surface area contributed by atoms with Crippen LogP contribution in [-0.2, 0) is 16.1 Å². The molecule has 2 aromatic heterocycles. The topological polar surface area (TPSA) is 114 Å². The van der Waals surface area contributed by atoms with Crippen LogP contribution in [0.2, 0.25) is 0 Å². The van der Waals surface area contributed by atoms with E-state index in [-0.39, 0.29) is 19.0 Å². The molecule has 0 radical (unpaired) electrons. The van der Waals surface area contributed by atoms with Crippen LogP contribution < -0.4 is 19.6 Å². The molecule has 2 aromatic carbocycles. The summed E-state index contributed by atoms with van der Waals surface area (Å²) in [6.07, 6.45) is 0.660. The number of hydrogen-bond acceptors (Lipinski definition) is 8. The molecule has 1 N–H and O–H groups in total. The van der Waals surface area contributed by atoms with Crippen molar-refractivity contribution in [1.82, 2.24) is 9.99 Å². The van der Waals surface area contributed by atoms with Crippen molar-refractivity contribution >= 4 is 40.7 Å². The molecule has 1 atom stereocenters. The Morgan fingerprint density at radius 3 is 2.45 bits per heavy atom. The van der Waals surface area contributed by atoms with Gasteiger partial charge in [0.15, 0.2) is 23.4 Å². The average Bonchev–Trinajstić information content (AvgIpc) is 3.59. The van der Waals surface area contributed by atoms with Gasteiger partial charge in [-0.3, -0.25) is 4.79 Å². The van der Waals surface area contributed by atoms with Gasteiger partial charge < -0.3 is 27.9 Å². The molecule has 1 amide bonds. The van der Waals surface area contributed by atoms with E-state index in [1.807, 2.05) is 24.3 Å². The van der Waals surface area contributed by atoms with Crippen LogP contribution in [0.5, 0.6) is 17.2 Å². The van der Waals surface area contributed by atoms with Gasteiger partial charge in [0.1, 0.15) is 18.1 Å². The van der Waals surface area contributed by atoms with E-state index in [0.717, 1.165) is 17.1 Å². The molecule has 0 fully saturated rings. The van der Waals surface area contributed by atoms with Gasteiger partial charge in [0, 0.05) is 17.1 Å². The second-order valence-electron chi connectivity index (χ2n) is 9.25. The molecule has 220 valence electrons. The molecule has 0 unspecified atom stereocenters. The maximum Gasteiger partial charge on any atom is 0.347 e. The lowest BCUT2D eigenvalue weighted by molar-refractivity contribution is -0.150. The molecule has 2 heterocycles. The summed E-state index contributed by atoms with van der Waals surface area (Å²) in [5, 5.41) is 4.03. The van der Waals surface area contributed by atoms with Crippen LogP contribution in [0, 0.1) is 17.4 Å². The fourth-order valence-corrected chi connectivity index (χ4v) is 4.89. The number of rotatable bonds is 12. The van der Waals surface area contributed by atoms with Crippen LogP contribution in [0.4, 0.5) is 0 Å². The Morgan fingerprint density at radius 2 is 1.79 bits per heavy atom. The van der Waals surface area contributed by atoms with Gasteiger partial charge in [0.05, 0.1) is 23.5 Å². The molecule has 0 aliphatic rings. The van der Waals surface area contributed by atoms with E-state index in [2.05, 4.69) is 63.7 Å². The lowest BCUT2D eigenvalue weighted by Crippen LogP contribution is -2.26. The first-order valence-electron chi connectivity index (χ1n) is 13.2. The number of nitrogens with one attached hydrogen (secondary N) is 1. The second kappa shape index (κ2) is 14.1. The lowest BCUT2D eigenvalue weighted by atomic mass is 10.2. The summed E-state index contributed by atoms with van der Waals surface area (Å²) in [5.41, 5.74) is 6.48. The molecular weight excluding hydrogens is 653 g/mol. The predicted octanol–water partition coefficient (Wildman–Crippen LogP) is 5.97. The van der Waals surface area contributed by atoms with Crippen molar-refractivity contribution in [3.05, 3.63) is 92.7 Å². The summed E-state index contributed by atoms with van der Waals surface area (Å²) < 4.78 is 30.5. The first-order valence-corrected chi connectivity index (χ1v) is 14.3. The third kappa shape index (κ3) is 7.52. The standard InChI is InChI=1S/C31H32IN3O7/c1-6-39-31(37)21(4)41-29-26(32)15-22(16-28(29)38-5)17-33-34-30(36)27-14-13-25(42-27)18-40-24-11-9-23(10-12-24)35-19(2)7-8-20(35)3/h7-17,21H,6,18H2,1-5H3,(H,34,36)/b33-17+/t21-/m1/s1. The van der Waals surface area contributed by atoms with E-state index in [0.29, 0.717) is 32.1 Å². The average molecular weight is 686 g/mol. The molecule has 42 heavy (non-hydrogen) atoms. The number of halogens is 1. The molecule has 0 bridgehead atoms. The van der Waals surface area contributed by atoms with Crippen molar-refractivity contribution < 1.29 is 33.0 Å². The fourth-order valence-electron chi connectivity index (χ4n) is 4.13. The summed E-state index contributed by atoms with van der Waals surface area (Å²) >= 11 is 2.07. The molecule has 11 heteroatoms. The van der Waals surface area contributed by atoms with Crippen molar-refractivity contribution in [2.75, 3.05) is 13.7 Å². The molecule has 0 saturated carbocycles. The lowest BCUT2D eigenvalue weighted by Gasteiger charge is -2.17. The molecule has 0 aliphatic carbocycles. The van der Waals surface area contributed by atoms with E-state index >= 15 is 0 Å². The van der Waals surface area contributed by atoms with Crippen LogP contribution in [0.1, 0.15) is 47.1 Å². The molecule has 0 saturated heterocycles. The highest BCUT2D eigenvalue weighted by Gasteiger charge is 2.20. The van der Waals surface area contributed by atoms with Crippen molar-refractivity contribution in [3.8, 4) is 22.9 Å². The van der Waals surface area contributed by atoms with Gasteiger partial charge in [-0.25, -0.2) is 10.2 Å². The Labute approximate surface area is 257 Å². The van der Waals surface area contributed by atoms with Gasteiger partial charge in [-0.15, -0.1) is 0 Å². The van der Waals surface area contributed by atoms with Gasteiger partial charge in [-0.05, 0) is 117 Å². The van der Waals surface area contributed by atoms with Gasteiger partial charge in [0.2, 0.25) is 0 Å². The van der Waals surface area contributed by atoms with Gasteiger partial charge in [-0.2, -0.15) is 5.10 Å². The summed E-state index contributed by atoms with van der Waals surface area (Å²) in [5.74, 6) is 1.12. The van der Waals surface area contributed by atoms with Crippen LogP contribution in [0.3, 0.4) is 0 Å². The third-order valence-electron chi connectivity index (χ3n) is 6.18. The Kier molecular flexibility index (Phi) is 10.3. The number of hydrazone groups is 1. The maximum absolute atomic E-state index is 12.6. The Bertz CT molecular complexity index is 1550. The number of benzene rings is 2. The number of esters is 1. The number of furan rings is 1. The van der Waals surface area contributed by atoms with Crippen molar-refractivity contribution in [3.63, 3.8) is 0 Å². The number of carbonyl (C=O) groups is 2. The number of nitrogens with zero attached hydrogens (tertiary/aromatic N) is 2. The van der Waals surface area contributed by atoms with Crippen LogP contribution in [0.15, 0.2) is 70.2 Å². The summed E-state index contributed by atoms with van der Waals surface area (Å²) in [6, 6.07) is 18.7. The Hall–Kier alpha value is -4.26. The number of amides is 1. The molecule has 4 aromatic rings. The van der Waals surface area contributed by atoms with Crippen LogP contribution in [-0.4, -0.2) is 42.5 Å². The maximum atomic E-state index is 12.6. The first-order chi connectivity index (χ1) is 20.2. The van der Waals surface area contributed by atoms with E-state index in [1.54, 1.807) is 38.1 Å². The Morgan fingerprint density at radius 1 is 1.07 bits per heavy atom. The zero-order valence-electron chi connectivity index (χ0n) is 24.0. The molecule has 10 nitrogen and oxygen atoms in total. The van der Waals surface area contributed by atoms with Crippen molar-refractivity contribution in [1.29, 1.82) is 0 Å². The highest BCUT2D eigenvalue weighted by Crippen LogP contribution is 2.34. The number of carbonyl (C=O) groups excluding carboxylic acids is 2. The van der Waals surface area contributed by atoms with E-state index in [1.165, 1.54) is 13.3 Å². The first kappa shape index (κ1) is 30.7. The molecule has 0 aliphatic heterocycles. The zero-order chi connectivity index (χ0) is 30.2. The summed E-state index contributed by atoms with van der Waals surface area (Å²) in [7, 11) is 1.49. The minimum absolute atomic E-state index is 0.100. The van der Waals surface area contributed by atoms with Crippen LogP contribution in [0.25, 0.3) is 5.69 Å². The third-order valence-corrected chi connectivity index (χ3v) is 6.98. The van der Waals surface area contributed by atoms with Gasteiger partial charge >= 0.3 is 11.9 Å². The van der Waals surface area contributed by atoms with Crippen molar-refractivity contribution in [2.45, 2.75) is 40.4 Å². The minimum atomic E-state index is -0.806. The summed E-state index contributed by atoms with van der Waals surface area (Å²) in [6.45, 7) is 7.90. The second-order valence-corrected chi connectivity index (χ2v) is 10.4. The quantitative estimate of drug-likeness (QED) is 0.0846. The highest BCUT2D eigenvalue weighted by atomic mass is 127. The normalized spacial score (nSPS) is 11.8. The van der Waals surface area contributed by atoms with E-state index in [9.17, 15) is 9.59 Å². The monoisotopic (exact) mass is 685 g/mol. The smallest absolute Gasteiger partial charge is 0.347 e. The van der Waals surface area contributed by atoms with Gasteiger partial charge in [-0.1, -0.05) is 0 Å². The molecular formula is C31H32IN3O7. The number of aryl methyl sites for hydroxylation is 2. The molecule has 0 spiro atoms. The van der Waals surface area contributed by atoms with Crippen LogP contribution >= 0.6 is 22.6 Å². The highest BCUT2D eigenvalue weighted by molar-refractivity contribution is 14.1. The molecule has 4 rings (SSSR count). The predicted molar refractivity (Wildman–Crippen MR) is 166 cm³/mol. The fraction of sp³-hybridized carbons (Fsp3) is 0.258. The minimum Gasteiger partial charge on any atom is -0.493 e. The SMILES string of the molecule is CCOC(=O)[C@@H](C)Oc1c(I)cc(/C=N/NC(=O)c2ccc(COc3ccc(-n4c(C)ccc4C)cc3)o2)cc1OC. The van der Waals surface area contributed by atoms with Crippen molar-refractivity contribution in [2.24, 2.45) is 5.10 Å². The Balaban J connectivity index is 1.32. The van der Waals surface area contributed by atoms with E-state index < -0.39 is 18.0 Å². The zero-order valence-corrected chi connectivity index (χ0v) is 26.1. The van der Waals surface area contributed by atoms with E-state index in [4.69, 9.17) is 23.4 Å². The van der Waals surface area contributed by atoms with Gasteiger partial charge in [0.25, 0.3) is 0 Å². The number of methoxy groups -OCH3 is 1. The number of aromatic nitrogens is 1. The largest absolute Gasteiger partial charge is 0.493 e. The summed E-state index contributed by atoms with van der Waals surface area (Å²) in [4.78, 5) is 24.5.